The second kappa shape index (κ2) is 6.39. The van der Waals surface area contributed by atoms with Crippen LogP contribution in [0, 0.1) is 17.5 Å². The van der Waals surface area contributed by atoms with Crippen LogP contribution in [0.15, 0.2) is 12.1 Å². The molecule has 2 rings (SSSR count). The van der Waals surface area contributed by atoms with Crippen LogP contribution in [0.25, 0.3) is 0 Å². The van der Waals surface area contributed by atoms with Crippen molar-refractivity contribution in [2.24, 2.45) is 5.73 Å². The van der Waals surface area contributed by atoms with Crippen molar-refractivity contribution in [3.8, 4) is 0 Å². The number of nitrogens with zero attached hydrogens (tertiary/aromatic N) is 1. The Hall–Kier alpha value is -1.07. The maximum atomic E-state index is 13.8. The second-order valence-corrected chi connectivity index (χ2v) is 4.99. The fourth-order valence-electron chi connectivity index (χ4n) is 2.67. The van der Waals surface area contributed by atoms with E-state index in [0.29, 0.717) is 6.07 Å². The zero-order chi connectivity index (χ0) is 13.8. The van der Waals surface area contributed by atoms with Crippen molar-refractivity contribution in [3.05, 3.63) is 35.1 Å². The van der Waals surface area contributed by atoms with Crippen LogP contribution < -0.4 is 5.73 Å². The van der Waals surface area contributed by atoms with Crippen molar-refractivity contribution < 1.29 is 13.2 Å². The normalized spacial score (nSPS) is 19.2. The van der Waals surface area contributed by atoms with Gasteiger partial charge in [-0.3, -0.25) is 4.90 Å². The molecule has 1 unspecified atom stereocenters. The van der Waals surface area contributed by atoms with E-state index in [-0.39, 0.29) is 18.2 Å². The first kappa shape index (κ1) is 14.3. The van der Waals surface area contributed by atoms with Gasteiger partial charge in [-0.05, 0) is 32.0 Å². The summed E-state index contributed by atoms with van der Waals surface area (Å²) >= 11 is 0. The van der Waals surface area contributed by atoms with Crippen molar-refractivity contribution >= 4 is 0 Å². The van der Waals surface area contributed by atoms with E-state index in [0.717, 1.165) is 44.8 Å². The van der Waals surface area contributed by atoms with Gasteiger partial charge in [-0.1, -0.05) is 12.8 Å². The van der Waals surface area contributed by atoms with Gasteiger partial charge in [0, 0.05) is 18.2 Å². The molecule has 2 N–H and O–H groups in total. The molecule has 2 nitrogen and oxygen atoms in total. The first-order valence-electron chi connectivity index (χ1n) is 6.72. The first-order chi connectivity index (χ1) is 9.13. The molecule has 0 aliphatic carbocycles. The Balaban J connectivity index is 2.27. The van der Waals surface area contributed by atoms with Crippen molar-refractivity contribution in [1.29, 1.82) is 0 Å². The zero-order valence-electron chi connectivity index (χ0n) is 10.8. The van der Waals surface area contributed by atoms with E-state index in [4.69, 9.17) is 5.73 Å². The van der Waals surface area contributed by atoms with E-state index in [1.165, 1.54) is 0 Å². The fraction of sp³-hybridized carbons (Fsp3) is 0.571. The molecular weight excluding hydrogens is 253 g/mol. The standard InChI is InChI=1S/C14H19F3N2/c15-11-8-13(17)12(16)7-10(11)14(9-18)19-5-3-1-2-4-6-19/h7-8,14H,1-6,9,18H2. The van der Waals surface area contributed by atoms with Crippen LogP contribution >= 0.6 is 0 Å². The number of halogens is 3. The van der Waals surface area contributed by atoms with Crippen LogP contribution in [0.5, 0.6) is 0 Å². The molecule has 1 aliphatic heterocycles. The van der Waals surface area contributed by atoms with Crippen molar-refractivity contribution in [1.82, 2.24) is 4.90 Å². The van der Waals surface area contributed by atoms with Crippen molar-refractivity contribution in [2.75, 3.05) is 19.6 Å². The SMILES string of the molecule is NCC(c1cc(F)c(F)cc1F)N1CCCCCC1. The fourth-order valence-corrected chi connectivity index (χ4v) is 2.67. The van der Waals surface area contributed by atoms with E-state index < -0.39 is 17.5 Å². The predicted molar refractivity (Wildman–Crippen MR) is 68.2 cm³/mol. The molecule has 0 amide bonds. The molecule has 106 valence electrons. The second-order valence-electron chi connectivity index (χ2n) is 4.99. The Bertz CT molecular complexity index is 429. The predicted octanol–water partition coefficient (Wildman–Crippen LogP) is 2.98. The Morgan fingerprint density at radius 2 is 1.53 bits per heavy atom. The summed E-state index contributed by atoms with van der Waals surface area (Å²) in [6.07, 6.45) is 4.35. The third-order valence-electron chi connectivity index (χ3n) is 3.70. The van der Waals surface area contributed by atoms with Gasteiger partial charge >= 0.3 is 0 Å². The number of benzene rings is 1. The lowest BCUT2D eigenvalue weighted by molar-refractivity contribution is 0.205. The number of nitrogens with two attached hydrogens (primary N) is 1. The molecule has 1 fully saturated rings. The zero-order valence-corrected chi connectivity index (χ0v) is 10.8. The summed E-state index contributed by atoms with van der Waals surface area (Å²) in [5.74, 6) is -2.91. The molecule has 1 aliphatic rings. The van der Waals surface area contributed by atoms with Gasteiger partial charge in [0.25, 0.3) is 0 Å². The molecular formula is C14H19F3N2. The number of hydrogen-bond donors (Lipinski definition) is 1. The molecule has 0 spiro atoms. The maximum Gasteiger partial charge on any atom is 0.161 e. The van der Waals surface area contributed by atoms with Crippen LogP contribution in [-0.2, 0) is 0 Å². The number of hydrogen-bond acceptors (Lipinski definition) is 2. The van der Waals surface area contributed by atoms with E-state index in [9.17, 15) is 13.2 Å². The lowest BCUT2D eigenvalue weighted by Gasteiger charge is -2.30. The molecule has 1 atom stereocenters. The molecule has 0 aromatic heterocycles. The van der Waals surface area contributed by atoms with Gasteiger partial charge in [0.2, 0.25) is 0 Å². The smallest absolute Gasteiger partial charge is 0.161 e. The molecule has 19 heavy (non-hydrogen) atoms. The highest BCUT2D eigenvalue weighted by molar-refractivity contribution is 5.24. The first-order valence-corrected chi connectivity index (χ1v) is 6.72. The van der Waals surface area contributed by atoms with Gasteiger partial charge < -0.3 is 5.73 Å². The summed E-state index contributed by atoms with van der Waals surface area (Å²) in [4.78, 5) is 2.07. The quantitative estimate of drug-likeness (QED) is 0.857. The van der Waals surface area contributed by atoms with E-state index in [1.807, 2.05) is 0 Å². The number of likely N-dealkylation sites (tertiary alicyclic amines) is 1. The molecule has 0 bridgehead atoms. The molecule has 1 aromatic rings. The third kappa shape index (κ3) is 3.28. The maximum absolute atomic E-state index is 13.8. The summed E-state index contributed by atoms with van der Waals surface area (Å²) in [7, 11) is 0. The number of rotatable bonds is 3. The topological polar surface area (TPSA) is 29.3 Å². The van der Waals surface area contributed by atoms with Crippen molar-refractivity contribution in [2.45, 2.75) is 31.7 Å². The monoisotopic (exact) mass is 272 g/mol. The lowest BCUT2D eigenvalue weighted by atomic mass is 10.0. The minimum Gasteiger partial charge on any atom is -0.329 e. The van der Waals surface area contributed by atoms with E-state index in [2.05, 4.69) is 4.90 Å². The largest absolute Gasteiger partial charge is 0.329 e. The highest BCUT2D eigenvalue weighted by atomic mass is 19.2. The van der Waals surface area contributed by atoms with Gasteiger partial charge in [-0.25, -0.2) is 13.2 Å². The van der Waals surface area contributed by atoms with E-state index in [1.54, 1.807) is 0 Å². The average Bonchev–Trinajstić information content (AvgIpc) is 2.65. The molecule has 0 radical (unpaired) electrons. The Morgan fingerprint density at radius 3 is 2.11 bits per heavy atom. The molecule has 5 heteroatoms. The third-order valence-corrected chi connectivity index (χ3v) is 3.70. The van der Waals surface area contributed by atoms with Crippen LogP contribution in [0.2, 0.25) is 0 Å². The Kier molecular flexibility index (Phi) is 4.82. The van der Waals surface area contributed by atoms with Gasteiger partial charge in [-0.15, -0.1) is 0 Å². The van der Waals surface area contributed by atoms with Gasteiger partial charge in [0.1, 0.15) is 5.82 Å². The summed E-state index contributed by atoms with van der Waals surface area (Å²) < 4.78 is 40.1. The lowest BCUT2D eigenvalue weighted by Crippen LogP contribution is -2.35. The molecule has 0 saturated carbocycles. The van der Waals surface area contributed by atoms with E-state index >= 15 is 0 Å². The van der Waals surface area contributed by atoms with Crippen LogP contribution in [0.4, 0.5) is 13.2 Å². The van der Waals surface area contributed by atoms with Crippen LogP contribution in [-0.4, -0.2) is 24.5 Å². The summed E-state index contributed by atoms with van der Waals surface area (Å²) in [6, 6.07) is 1.16. The van der Waals surface area contributed by atoms with Gasteiger partial charge in [0.05, 0.1) is 6.04 Å². The highest BCUT2D eigenvalue weighted by Crippen LogP contribution is 2.27. The Morgan fingerprint density at radius 1 is 0.947 bits per heavy atom. The van der Waals surface area contributed by atoms with Gasteiger partial charge in [0.15, 0.2) is 11.6 Å². The summed E-state index contributed by atoms with van der Waals surface area (Å²) in [6.45, 7) is 1.84. The van der Waals surface area contributed by atoms with Crippen LogP contribution in [0.1, 0.15) is 37.3 Å². The minimum absolute atomic E-state index is 0.156. The molecule has 1 aromatic carbocycles. The van der Waals surface area contributed by atoms with Crippen LogP contribution in [0.3, 0.4) is 0 Å². The van der Waals surface area contributed by atoms with Gasteiger partial charge in [-0.2, -0.15) is 0 Å². The summed E-state index contributed by atoms with van der Waals surface area (Å²) in [5.41, 5.74) is 5.87. The highest BCUT2D eigenvalue weighted by Gasteiger charge is 2.24. The summed E-state index contributed by atoms with van der Waals surface area (Å²) in [5, 5.41) is 0. The average molecular weight is 272 g/mol. The Labute approximate surface area is 111 Å². The minimum atomic E-state index is -1.16. The van der Waals surface area contributed by atoms with Crippen molar-refractivity contribution in [3.63, 3.8) is 0 Å². The molecule has 1 heterocycles. The molecule has 1 saturated heterocycles.